The van der Waals surface area contributed by atoms with Gasteiger partial charge < -0.3 is 29.1 Å². The molecule has 0 aromatic heterocycles. The molecule has 1 atom stereocenters. The van der Waals surface area contributed by atoms with E-state index in [9.17, 15) is 28.8 Å². The minimum Gasteiger partial charge on any atom is -0.467 e. The number of hydrogen-bond donors (Lipinski definition) is 1. The van der Waals surface area contributed by atoms with Crippen molar-refractivity contribution in [2.45, 2.75) is 58.1 Å². The number of aldehydes is 1. The molecule has 0 fully saturated rings. The van der Waals surface area contributed by atoms with Crippen LogP contribution in [0.1, 0.15) is 46.5 Å². The Labute approximate surface area is 193 Å². The Hall–Kier alpha value is -3.50. The Morgan fingerprint density at radius 2 is 1.52 bits per heavy atom. The topological polar surface area (TPSA) is 151 Å². The standard InChI is InChI=1S/C16H25NO7.C6H8O3/c1-6-9-23-13(19)10-11(18)7-8-12(14(20)22-5)17-15(21)24-16(2,3)4;1-2-5-9-6(8)3-4-7/h6,12H,1,7-10H2,2-5H3,(H,17,21);2,4H,1,3,5H2/t12-;/m0./s1. The molecule has 0 aliphatic heterocycles. The number of amides is 1. The SMILES string of the molecule is C=CCOC(=O)CC(=O)CC[C@H](NC(=O)OC(C)(C)C)C(=O)OC.C=CCOC(=O)CC=O. The van der Waals surface area contributed by atoms with Crippen LogP contribution in [-0.4, -0.2) is 68.0 Å². The molecule has 33 heavy (non-hydrogen) atoms. The third kappa shape index (κ3) is 20.2. The highest BCUT2D eigenvalue weighted by atomic mass is 16.6. The van der Waals surface area contributed by atoms with Gasteiger partial charge in [0.05, 0.1) is 7.11 Å². The molecule has 0 rings (SSSR count). The molecule has 0 saturated heterocycles. The molecule has 11 heteroatoms. The summed E-state index contributed by atoms with van der Waals surface area (Å²) in [5.41, 5.74) is -0.727. The average molecular weight is 472 g/mol. The maximum atomic E-state index is 11.7. The normalized spacial score (nSPS) is 10.8. The van der Waals surface area contributed by atoms with Crippen LogP contribution in [0, 0.1) is 0 Å². The van der Waals surface area contributed by atoms with Crippen LogP contribution < -0.4 is 5.32 Å². The maximum Gasteiger partial charge on any atom is 0.408 e. The van der Waals surface area contributed by atoms with Crippen LogP contribution in [0.2, 0.25) is 0 Å². The van der Waals surface area contributed by atoms with Crippen LogP contribution in [0.15, 0.2) is 25.3 Å². The fourth-order valence-electron chi connectivity index (χ4n) is 1.88. The quantitative estimate of drug-likeness (QED) is 0.138. The lowest BCUT2D eigenvalue weighted by atomic mass is 10.1. The molecule has 1 amide bonds. The summed E-state index contributed by atoms with van der Waals surface area (Å²) >= 11 is 0. The molecule has 0 aromatic rings. The van der Waals surface area contributed by atoms with Gasteiger partial charge in [-0.1, -0.05) is 25.3 Å². The highest BCUT2D eigenvalue weighted by Gasteiger charge is 2.26. The second kappa shape index (κ2) is 18.1. The highest BCUT2D eigenvalue weighted by molar-refractivity contribution is 5.95. The summed E-state index contributed by atoms with van der Waals surface area (Å²) in [6, 6.07) is -1.04. The molecule has 0 bridgehead atoms. The maximum absolute atomic E-state index is 11.7. The number of carbonyl (C=O) groups excluding carboxylic acids is 6. The van der Waals surface area contributed by atoms with Gasteiger partial charge in [0.25, 0.3) is 0 Å². The molecular weight excluding hydrogens is 438 g/mol. The van der Waals surface area contributed by atoms with E-state index in [1.165, 1.54) is 19.3 Å². The number of ether oxygens (including phenoxy) is 4. The van der Waals surface area contributed by atoms with Crippen molar-refractivity contribution in [1.82, 2.24) is 5.32 Å². The summed E-state index contributed by atoms with van der Waals surface area (Å²) < 4.78 is 18.8. The van der Waals surface area contributed by atoms with Gasteiger partial charge in [-0.2, -0.15) is 0 Å². The lowest BCUT2D eigenvalue weighted by Gasteiger charge is -2.22. The molecular formula is C22H33NO10. The first kappa shape index (κ1) is 31.7. The molecule has 0 aromatic carbocycles. The molecule has 1 N–H and O–H groups in total. The van der Waals surface area contributed by atoms with Crippen molar-refractivity contribution in [1.29, 1.82) is 0 Å². The van der Waals surface area contributed by atoms with E-state index in [0.717, 1.165) is 0 Å². The van der Waals surface area contributed by atoms with Gasteiger partial charge >= 0.3 is 24.0 Å². The average Bonchev–Trinajstić information content (AvgIpc) is 2.72. The van der Waals surface area contributed by atoms with E-state index in [4.69, 9.17) is 9.47 Å². The summed E-state index contributed by atoms with van der Waals surface area (Å²) in [5.74, 6) is -2.30. The van der Waals surface area contributed by atoms with Crippen molar-refractivity contribution < 1.29 is 47.7 Å². The minimum absolute atomic E-state index is 0.0144. The number of alkyl carbamates (subject to hydrolysis) is 1. The van der Waals surface area contributed by atoms with Crippen molar-refractivity contribution in [3.63, 3.8) is 0 Å². The van der Waals surface area contributed by atoms with Crippen LogP contribution in [0.5, 0.6) is 0 Å². The van der Waals surface area contributed by atoms with Crippen molar-refractivity contribution >= 4 is 36.1 Å². The zero-order valence-electron chi connectivity index (χ0n) is 19.5. The van der Waals surface area contributed by atoms with Crippen LogP contribution in [0.25, 0.3) is 0 Å². The Morgan fingerprint density at radius 1 is 0.970 bits per heavy atom. The molecule has 0 heterocycles. The molecule has 0 aliphatic rings. The fourth-order valence-corrected chi connectivity index (χ4v) is 1.88. The lowest BCUT2D eigenvalue weighted by Crippen LogP contribution is -2.44. The number of hydrogen-bond acceptors (Lipinski definition) is 10. The fraction of sp³-hybridized carbons (Fsp3) is 0.545. The number of carbonyl (C=O) groups is 6. The van der Waals surface area contributed by atoms with E-state index < -0.39 is 47.8 Å². The predicted octanol–water partition coefficient (Wildman–Crippen LogP) is 1.83. The van der Waals surface area contributed by atoms with Crippen molar-refractivity contribution in [3.05, 3.63) is 25.3 Å². The van der Waals surface area contributed by atoms with Crippen LogP contribution >= 0.6 is 0 Å². The number of methoxy groups -OCH3 is 1. The molecule has 11 nitrogen and oxygen atoms in total. The molecule has 0 unspecified atom stereocenters. The van der Waals surface area contributed by atoms with Crippen molar-refractivity contribution in [2.75, 3.05) is 20.3 Å². The van der Waals surface area contributed by atoms with E-state index >= 15 is 0 Å². The summed E-state index contributed by atoms with van der Waals surface area (Å²) in [7, 11) is 1.17. The number of esters is 3. The Balaban J connectivity index is 0. The zero-order valence-corrected chi connectivity index (χ0v) is 19.5. The summed E-state index contributed by atoms with van der Waals surface area (Å²) in [4.78, 5) is 66.4. The smallest absolute Gasteiger partial charge is 0.408 e. The molecule has 186 valence electrons. The predicted molar refractivity (Wildman–Crippen MR) is 117 cm³/mol. The van der Waals surface area contributed by atoms with Crippen molar-refractivity contribution in [3.8, 4) is 0 Å². The highest BCUT2D eigenvalue weighted by Crippen LogP contribution is 2.09. The third-order valence-electron chi connectivity index (χ3n) is 3.20. The number of Topliss-reactive ketones (excluding diaryl/α,β-unsaturated/α-hetero) is 1. The Bertz CT molecular complexity index is 694. The largest absolute Gasteiger partial charge is 0.467 e. The van der Waals surface area contributed by atoms with Gasteiger partial charge in [-0.05, 0) is 27.2 Å². The van der Waals surface area contributed by atoms with E-state index in [0.29, 0.717) is 6.29 Å². The van der Waals surface area contributed by atoms with Gasteiger partial charge in [0.2, 0.25) is 0 Å². The minimum atomic E-state index is -1.04. The van der Waals surface area contributed by atoms with Crippen LogP contribution in [0.3, 0.4) is 0 Å². The van der Waals surface area contributed by atoms with Crippen LogP contribution in [-0.2, 0) is 42.9 Å². The van der Waals surface area contributed by atoms with Crippen molar-refractivity contribution in [2.24, 2.45) is 0 Å². The Kier molecular flexibility index (Phi) is 17.4. The van der Waals surface area contributed by atoms with Gasteiger partial charge in [0.15, 0.2) is 0 Å². The van der Waals surface area contributed by atoms with Gasteiger partial charge in [0.1, 0.15) is 49.8 Å². The molecule has 0 spiro atoms. The van der Waals surface area contributed by atoms with E-state index in [2.05, 4.69) is 27.9 Å². The number of ketones is 1. The van der Waals surface area contributed by atoms with E-state index in [1.807, 2.05) is 0 Å². The summed E-state index contributed by atoms with van der Waals surface area (Å²) in [6.45, 7) is 11.9. The van der Waals surface area contributed by atoms with Gasteiger partial charge in [-0.25, -0.2) is 9.59 Å². The monoisotopic (exact) mass is 471 g/mol. The molecule has 0 aliphatic carbocycles. The first-order valence-electron chi connectivity index (χ1n) is 9.95. The summed E-state index contributed by atoms with van der Waals surface area (Å²) in [6.07, 6.45) is 1.85. The lowest BCUT2D eigenvalue weighted by molar-refractivity contribution is -0.145. The second-order valence-electron chi connectivity index (χ2n) is 7.29. The van der Waals surface area contributed by atoms with Gasteiger partial charge in [-0.15, -0.1) is 0 Å². The first-order chi connectivity index (χ1) is 15.4. The first-order valence-corrected chi connectivity index (χ1v) is 9.95. The second-order valence-corrected chi connectivity index (χ2v) is 7.29. The Morgan fingerprint density at radius 3 is 1.97 bits per heavy atom. The van der Waals surface area contributed by atoms with E-state index in [1.54, 1.807) is 20.8 Å². The summed E-state index contributed by atoms with van der Waals surface area (Å²) in [5, 5.41) is 2.35. The van der Waals surface area contributed by atoms with Crippen LogP contribution in [0.4, 0.5) is 4.79 Å². The number of rotatable bonds is 13. The number of nitrogens with one attached hydrogen (secondary N) is 1. The van der Waals surface area contributed by atoms with E-state index in [-0.39, 0.29) is 32.5 Å². The zero-order chi connectivity index (χ0) is 25.9. The molecule has 0 radical (unpaired) electrons. The third-order valence-corrected chi connectivity index (χ3v) is 3.20. The molecule has 0 saturated carbocycles. The van der Waals surface area contributed by atoms with Gasteiger partial charge in [-0.3, -0.25) is 14.4 Å². The van der Waals surface area contributed by atoms with Gasteiger partial charge in [0, 0.05) is 6.42 Å².